The smallest absolute Gasteiger partial charge is 0.230 e. The van der Waals surface area contributed by atoms with Gasteiger partial charge in [-0.2, -0.15) is 5.10 Å². The first-order chi connectivity index (χ1) is 13.8. The van der Waals surface area contributed by atoms with E-state index in [0.29, 0.717) is 23.2 Å². The molecule has 3 rings (SSSR count). The lowest BCUT2D eigenvalue weighted by Gasteiger charge is -2.12. The first-order valence-corrected chi connectivity index (χ1v) is 10.2. The lowest BCUT2D eigenvalue weighted by Crippen LogP contribution is -2.25. The van der Waals surface area contributed by atoms with Gasteiger partial charge in [0.1, 0.15) is 0 Å². The van der Waals surface area contributed by atoms with Crippen molar-refractivity contribution in [3.05, 3.63) is 40.5 Å². The summed E-state index contributed by atoms with van der Waals surface area (Å²) >= 11 is 1.39. The number of thiazole rings is 1. The van der Waals surface area contributed by atoms with Crippen LogP contribution in [-0.2, 0) is 11.3 Å². The van der Waals surface area contributed by atoms with Crippen LogP contribution in [0.5, 0.6) is 11.5 Å². The highest BCUT2D eigenvalue weighted by Gasteiger charge is 2.18. The molecule has 0 spiro atoms. The van der Waals surface area contributed by atoms with Crippen molar-refractivity contribution < 1.29 is 14.3 Å². The molecule has 29 heavy (non-hydrogen) atoms. The van der Waals surface area contributed by atoms with Crippen molar-refractivity contribution in [1.29, 1.82) is 0 Å². The van der Waals surface area contributed by atoms with Crippen LogP contribution in [0.3, 0.4) is 0 Å². The zero-order chi connectivity index (χ0) is 21.1. The normalized spacial score (nSPS) is 11.9. The Morgan fingerprint density at radius 1 is 1.21 bits per heavy atom. The number of ether oxygens (including phenoxy) is 2. The quantitative estimate of drug-likeness (QED) is 0.626. The molecule has 2 aromatic heterocycles. The van der Waals surface area contributed by atoms with E-state index in [9.17, 15) is 4.79 Å². The van der Waals surface area contributed by atoms with Gasteiger partial charge in [-0.1, -0.05) is 6.92 Å². The van der Waals surface area contributed by atoms with Crippen LogP contribution in [-0.4, -0.2) is 34.9 Å². The second-order valence-electron chi connectivity index (χ2n) is 6.98. The Labute approximate surface area is 174 Å². The summed E-state index contributed by atoms with van der Waals surface area (Å²) in [5.74, 6) is 0.981. The van der Waals surface area contributed by atoms with Crippen molar-refractivity contribution in [2.24, 2.45) is 5.92 Å². The molecule has 154 valence electrons. The van der Waals surface area contributed by atoms with Crippen molar-refractivity contribution in [2.45, 2.75) is 34.2 Å². The molecule has 8 heteroatoms. The van der Waals surface area contributed by atoms with E-state index in [2.05, 4.69) is 15.4 Å². The third kappa shape index (κ3) is 4.42. The van der Waals surface area contributed by atoms with E-state index in [-0.39, 0.29) is 11.8 Å². The maximum atomic E-state index is 12.6. The molecule has 2 heterocycles. The number of aryl methyl sites for hydroxylation is 1. The second-order valence-corrected chi connectivity index (χ2v) is 7.83. The molecule has 0 aliphatic rings. The van der Waals surface area contributed by atoms with Crippen molar-refractivity contribution in [3.8, 4) is 22.8 Å². The maximum absolute atomic E-state index is 12.6. The van der Waals surface area contributed by atoms with Gasteiger partial charge in [0.25, 0.3) is 0 Å². The first-order valence-electron chi connectivity index (χ1n) is 9.33. The number of hydrogen-bond donors (Lipinski definition) is 1. The number of benzene rings is 1. The fraction of sp³-hybridized carbons (Fsp3) is 0.381. The second kappa shape index (κ2) is 8.65. The van der Waals surface area contributed by atoms with Crippen molar-refractivity contribution in [3.63, 3.8) is 0 Å². The van der Waals surface area contributed by atoms with E-state index in [0.717, 1.165) is 28.2 Å². The molecule has 0 saturated carbocycles. The Kier molecular flexibility index (Phi) is 6.22. The number of nitrogens with zero attached hydrogens (tertiary/aromatic N) is 3. The van der Waals surface area contributed by atoms with Gasteiger partial charge in [0.15, 0.2) is 16.6 Å². The SMILES string of the molecule is COc1ccc(-c2csc(NC(=O)[C@H](C)Cn3nc(C)c(C)c3C)n2)cc1OC. The van der Waals surface area contributed by atoms with E-state index < -0.39 is 0 Å². The van der Waals surface area contributed by atoms with Crippen LogP contribution in [0, 0.1) is 26.7 Å². The Hall–Kier alpha value is -2.87. The summed E-state index contributed by atoms with van der Waals surface area (Å²) in [4.78, 5) is 17.2. The number of rotatable bonds is 7. The van der Waals surface area contributed by atoms with Crippen LogP contribution in [0.1, 0.15) is 23.9 Å². The van der Waals surface area contributed by atoms with Gasteiger partial charge in [0, 0.05) is 16.6 Å². The Bertz CT molecular complexity index is 1030. The van der Waals surface area contributed by atoms with Crippen molar-refractivity contribution >= 4 is 22.4 Å². The van der Waals surface area contributed by atoms with Crippen LogP contribution in [0.4, 0.5) is 5.13 Å². The summed E-state index contributed by atoms with van der Waals surface area (Å²) in [6.45, 7) is 8.47. The van der Waals surface area contributed by atoms with E-state index in [4.69, 9.17) is 9.47 Å². The Morgan fingerprint density at radius 3 is 2.55 bits per heavy atom. The molecule has 1 atom stereocenters. The molecule has 0 unspecified atom stereocenters. The molecule has 1 amide bonds. The summed E-state index contributed by atoms with van der Waals surface area (Å²) < 4.78 is 12.5. The monoisotopic (exact) mass is 414 g/mol. The molecule has 0 aliphatic heterocycles. The topological polar surface area (TPSA) is 78.3 Å². The molecule has 0 aliphatic carbocycles. The minimum Gasteiger partial charge on any atom is -0.493 e. The number of nitrogens with one attached hydrogen (secondary N) is 1. The summed E-state index contributed by atoms with van der Waals surface area (Å²) in [6, 6.07) is 5.62. The molecule has 1 aromatic carbocycles. The highest BCUT2D eigenvalue weighted by atomic mass is 32.1. The van der Waals surface area contributed by atoms with Gasteiger partial charge in [0.05, 0.1) is 38.1 Å². The predicted molar refractivity (Wildman–Crippen MR) is 115 cm³/mol. The average molecular weight is 415 g/mol. The lowest BCUT2D eigenvalue weighted by molar-refractivity contribution is -0.119. The van der Waals surface area contributed by atoms with Gasteiger partial charge in [-0.25, -0.2) is 4.98 Å². The summed E-state index contributed by atoms with van der Waals surface area (Å²) in [6.07, 6.45) is 0. The van der Waals surface area contributed by atoms with Crippen LogP contribution < -0.4 is 14.8 Å². The molecule has 0 fully saturated rings. The fourth-order valence-corrected chi connectivity index (χ4v) is 3.72. The number of hydrogen-bond acceptors (Lipinski definition) is 6. The molecule has 3 aromatic rings. The summed E-state index contributed by atoms with van der Waals surface area (Å²) in [5, 5.41) is 9.91. The maximum Gasteiger partial charge on any atom is 0.230 e. The molecule has 0 saturated heterocycles. The molecule has 0 bridgehead atoms. The van der Waals surface area contributed by atoms with Crippen LogP contribution in [0.25, 0.3) is 11.3 Å². The minimum absolute atomic E-state index is 0.0802. The number of aromatic nitrogens is 3. The number of methoxy groups -OCH3 is 2. The predicted octanol–water partition coefficient (Wildman–Crippen LogP) is 4.22. The zero-order valence-corrected chi connectivity index (χ0v) is 18.4. The van der Waals surface area contributed by atoms with Crippen LogP contribution in [0.2, 0.25) is 0 Å². The van der Waals surface area contributed by atoms with Gasteiger partial charge < -0.3 is 14.8 Å². The molecular weight excluding hydrogens is 388 g/mol. The number of carbonyl (C=O) groups excluding carboxylic acids is 1. The summed E-state index contributed by atoms with van der Waals surface area (Å²) in [7, 11) is 3.20. The molecule has 7 nitrogen and oxygen atoms in total. The van der Waals surface area contributed by atoms with Gasteiger partial charge in [0.2, 0.25) is 5.91 Å². The lowest BCUT2D eigenvalue weighted by atomic mass is 10.1. The number of carbonyl (C=O) groups is 1. The number of anilines is 1. The van der Waals surface area contributed by atoms with E-state index in [1.165, 1.54) is 11.3 Å². The highest BCUT2D eigenvalue weighted by molar-refractivity contribution is 7.14. The summed E-state index contributed by atoms with van der Waals surface area (Å²) in [5.41, 5.74) is 4.91. The third-order valence-corrected chi connectivity index (χ3v) is 5.81. The standard InChI is InChI=1S/C21H26N4O3S/c1-12(10-25-15(4)13(2)14(3)24-25)20(26)23-21-22-17(11-29-21)16-7-8-18(27-5)19(9-16)28-6/h7-9,11-12H,10H2,1-6H3,(H,22,23,26)/t12-/m1/s1. The van der Waals surface area contributed by atoms with Gasteiger partial charge >= 0.3 is 0 Å². The molecule has 0 radical (unpaired) electrons. The van der Waals surface area contributed by atoms with Gasteiger partial charge in [-0.3, -0.25) is 9.48 Å². The molecule has 1 N–H and O–H groups in total. The zero-order valence-electron chi connectivity index (χ0n) is 17.6. The Balaban J connectivity index is 1.69. The Morgan fingerprint density at radius 2 is 1.93 bits per heavy atom. The van der Waals surface area contributed by atoms with Gasteiger partial charge in [-0.15, -0.1) is 11.3 Å². The van der Waals surface area contributed by atoms with E-state index in [1.807, 2.05) is 56.0 Å². The minimum atomic E-state index is -0.235. The van der Waals surface area contributed by atoms with Crippen LogP contribution in [0.15, 0.2) is 23.6 Å². The fourth-order valence-electron chi connectivity index (χ4n) is 2.99. The van der Waals surface area contributed by atoms with E-state index >= 15 is 0 Å². The highest BCUT2D eigenvalue weighted by Crippen LogP contribution is 2.33. The van der Waals surface area contributed by atoms with E-state index in [1.54, 1.807) is 14.2 Å². The number of amides is 1. The van der Waals surface area contributed by atoms with Crippen LogP contribution >= 0.6 is 11.3 Å². The first kappa shape index (κ1) is 20.9. The average Bonchev–Trinajstić information content (AvgIpc) is 3.28. The largest absolute Gasteiger partial charge is 0.493 e. The molecular formula is C21H26N4O3S. The van der Waals surface area contributed by atoms with Gasteiger partial charge in [-0.05, 0) is 44.5 Å². The third-order valence-electron chi connectivity index (χ3n) is 5.05. The van der Waals surface area contributed by atoms with Crippen molar-refractivity contribution in [1.82, 2.24) is 14.8 Å². The van der Waals surface area contributed by atoms with Crippen molar-refractivity contribution in [2.75, 3.05) is 19.5 Å².